The second-order valence-electron chi connectivity index (χ2n) is 6.69. The van der Waals surface area contributed by atoms with Gasteiger partial charge in [-0.3, -0.25) is 4.68 Å². The van der Waals surface area contributed by atoms with E-state index in [-0.39, 0.29) is 0 Å². The van der Waals surface area contributed by atoms with Gasteiger partial charge in [0.1, 0.15) is 0 Å². The zero-order valence-electron chi connectivity index (χ0n) is 14.8. The molecule has 0 aliphatic rings. The van der Waals surface area contributed by atoms with E-state index in [4.69, 9.17) is 0 Å². The third-order valence-corrected chi connectivity index (χ3v) is 4.81. The van der Waals surface area contributed by atoms with Crippen LogP contribution < -0.4 is 0 Å². The average Bonchev–Trinajstić information content (AvgIpc) is 2.91. The summed E-state index contributed by atoms with van der Waals surface area (Å²) >= 11 is 0. The number of aryl methyl sites for hydroxylation is 1. The van der Waals surface area contributed by atoms with E-state index in [0.717, 1.165) is 5.92 Å². The highest BCUT2D eigenvalue weighted by Crippen LogP contribution is 2.32. The average molecular weight is 293 g/mol. The number of hydrogen-bond donors (Lipinski definition) is 0. The summed E-state index contributed by atoms with van der Waals surface area (Å²) < 4.78 is 1.94. The first-order valence-electron chi connectivity index (χ1n) is 9.17. The van der Waals surface area contributed by atoms with Crippen LogP contribution in [0.4, 0.5) is 0 Å². The Hall–Kier alpha value is -0.790. The fourth-order valence-corrected chi connectivity index (χ4v) is 3.26. The second-order valence-corrected chi connectivity index (χ2v) is 6.69. The molecule has 21 heavy (non-hydrogen) atoms. The molecule has 1 aromatic heterocycles. The van der Waals surface area contributed by atoms with Crippen LogP contribution in [0.15, 0.2) is 12.4 Å². The van der Waals surface area contributed by atoms with Crippen LogP contribution in [0.2, 0.25) is 0 Å². The largest absolute Gasteiger partial charge is 0.276 e. The normalized spacial score (nSPS) is 13.0. The van der Waals surface area contributed by atoms with E-state index >= 15 is 0 Å². The molecule has 0 amide bonds. The molecule has 2 heteroatoms. The molecule has 0 aliphatic heterocycles. The van der Waals surface area contributed by atoms with Crippen LogP contribution in [-0.2, 0) is 7.05 Å². The Morgan fingerprint density at radius 3 is 1.95 bits per heavy atom. The molecule has 0 unspecified atom stereocenters. The second kappa shape index (κ2) is 10.9. The number of nitrogens with zero attached hydrogens (tertiary/aromatic N) is 2. The van der Waals surface area contributed by atoms with Gasteiger partial charge < -0.3 is 0 Å². The zero-order valence-corrected chi connectivity index (χ0v) is 14.8. The number of unbranched alkanes of at least 4 members (excludes halogenated alkanes) is 6. The van der Waals surface area contributed by atoms with Crippen molar-refractivity contribution in [1.29, 1.82) is 0 Å². The van der Waals surface area contributed by atoms with E-state index in [2.05, 4.69) is 38.3 Å². The lowest BCUT2D eigenvalue weighted by molar-refractivity contribution is 0.356. The highest BCUT2D eigenvalue weighted by atomic mass is 15.2. The highest BCUT2D eigenvalue weighted by molar-refractivity contribution is 5.11. The van der Waals surface area contributed by atoms with Crippen molar-refractivity contribution in [2.45, 2.75) is 90.9 Å². The van der Waals surface area contributed by atoms with Gasteiger partial charge in [0.15, 0.2) is 0 Å². The van der Waals surface area contributed by atoms with Gasteiger partial charge in [-0.05, 0) is 30.2 Å². The van der Waals surface area contributed by atoms with Gasteiger partial charge in [-0.15, -0.1) is 0 Å². The molecule has 0 aromatic carbocycles. The molecule has 0 saturated heterocycles. The minimum Gasteiger partial charge on any atom is -0.276 e. The molecule has 1 heterocycles. The summed E-state index contributed by atoms with van der Waals surface area (Å²) in [7, 11) is 2.02. The van der Waals surface area contributed by atoms with Crippen molar-refractivity contribution < 1.29 is 0 Å². The zero-order chi connectivity index (χ0) is 15.5. The van der Waals surface area contributed by atoms with E-state index in [1.54, 1.807) is 0 Å². The minimum absolute atomic E-state index is 0.655. The summed E-state index contributed by atoms with van der Waals surface area (Å²) in [6.07, 6.45) is 18.1. The number of aromatic nitrogens is 2. The van der Waals surface area contributed by atoms with Crippen LogP contribution in [0.3, 0.4) is 0 Å². The Morgan fingerprint density at radius 1 is 0.952 bits per heavy atom. The van der Waals surface area contributed by atoms with Crippen molar-refractivity contribution in [3.05, 3.63) is 18.0 Å². The Labute approximate surface area is 132 Å². The molecule has 0 fully saturated rings. The fraction of sp³-hybridized carbons (Fsp3) is 0.842. The molecule has 0 radical (unpaired) electrons. The van der Waals surface area contributed by atoms with E-state index in [1.807, 2.05) is 11.7 Å². The van der Waals surface area contributed by atoms with Crippen molar-refractivity contribution in [3.63, 3.8) is 0 Å². The first-order valence-corrected chi connectivity index (χ1v) is 9.17. The fourth-order valence-electron chi connectivity index (χ4n) is 3.26. The molecule has 0 bridgehead atoms. The van der Waals surface area contributed by atoms with Crippen molar-refractivity contribution in [2.75, 3.05) is 0 Å². The lowest BCUT2D eigenvalue weighted by atomic mass is 9.82. The maximum atomic E-state index is 4.36. The van der Waals surface area contributed by atoms with Gasteiger partial charge in [0.25, 0.3) is 0 Å². The van der Waals surface area contributed by atoms with Crippen molar-refractivity contribution >= 4 is 0 Å². The van der Waals surface area contributed by atoms with Gasteiger partial charge in [0.05, 0.1) is 6.20 Å². The molecule has 0 spiro atoms. The summed E-state index contributed by atoms with van der Waals surface area (Å²) in [6, 6.07) is 0. The van der Waals surface area contributed by atoms with Crippen LogP contribution in [0.1, 0.15) is 96.5 Å². The van der Waals surface area contributed by atoms with Gasteiger partial charge in [-0.2, -0.15) is 5.10 Å². The standard InChI is InChI=1S/C19H36N2/c1-5-7-9-11-13-18(14-12-10-8-6-2)17(3)19-15-20-21(4)16-19/h15-18H,5-14H2,1-4H3/t17-/m1/s1. The summed E-state index contributed by atoms with van der Waals surface area (Å²) in [5.74, 6) is 1.49. The van der Waals surface area contributed by atoms with Crippen molar-refractivity contribution in [2.24, 2.45) is 13.0 Å². The predicted octanol–water partition coefficient (Wildman–Crippen LogP) is 6.08. The van der Waals surface area contributed by atoms with E-state index in [1.165, 1.54) is 69.8 Å². The SMILES string of the molecule is CCCCCCC(CCCCCC)[C@@H](C)c1cnn(C)c1. The van der Waals surface area contributed by atoms with Crippen molar-refractivity contribution in [1.82, 2.24) is 9.78 Å². The Bertz CT molecular complexity index is 344. The van der Waals surface area contributed by atoms with Crippen LogP contribution in [0, 0.1) is 5.92 Å². The minimum atomic E-state index is 0.655. The van der Waals surface area contributed by atoms with E-state index < -0.39 is 0 Å². The predicted molar refractivity (Wildman–Crippen MR) is 92.6 cm³/mol. The third kappa shape index (κ3) is 7.15. The molecule has 1 aromatic rings. The molecule has 0 saturated carbocycles. The topological polar surface area (TPSA) is 17.8 Å². The molecular weight excluding hydrogens is 256 g/mol. The maximum absolute atomic E-state index is 4.36. The molecule has 1 rings (SSSR count). The molecule has 122 valence electrons. The van der Waals surface area contributed by atoms with Gasteiger partial charge in [0.2, 0.25) is 0 Å². The molecule has 0 N–H and O–H groups in total. The third-order valence-electron chi connectivity index (χ3n) is 4.81. The molecule has 1 atom stereocenters. The van der Waals surface area contributed by atoms with Crippen LogP contribution in [0.5, 0.6) is 0 Å². The smallest absolute Gasteiger partial charge is 0.0524 e. The first kappa shape index (κ1) is 18.3. The van der Waals surface area contributed by atoms with Gasteiger partial charge in [-0.25, -0.2) is 0 Å². The van der Waals surface area contributed by atoms with Gasteiger partial charge in [-0.1, -0.05) is 72.1 Å². The molecular formula is C19H36N2. The van der Waals surface area contributed by atoms with Crippen molar-refractivity contribution in [3.8, 4) is 0 Å². The van der Waals surface area contributed by atoms with Gasteiger partial charge in [0, 0.05) is 13.2 Å². The van der Waals surface area contributed by atoms with Crippen LogP contribution in [-0.4, -0.2) is 9.78 Å². The van der Waals surface area contributed by atoms with Crippen LogP contribution in [0.25, 0.3) is 0 Å². The van der Waals surface area contributed by atoms with E-state index in [9.17, 15) is 0 Å². The van der Waals surface area contributed by atoms with E-state index in [0.29, 0.717) is 5.92 Å². The lowest BCUT2D eigenvalue weighted by Crippen LogP contribution is -2.10. The first-order chi connectivity index (χ1) is 10.2. The maximum Gasteiger partial charge on any atom is 0.0524 e. The van der Waals surface area contributed by atoms with Crippen LogP contribution >= 0.6 is 0 Å². The lowest BCUT2D eigenvalue weighted by Gasteiger charge is -2.23. The highest BCUT2D eigenvalue weighted by Gasteiger charge is 2.19. The summed E-state index contributed by atoms with van der Waals surface area (Å²) in [5.41, 5.74) is 1.42. The molecule has 0 aliphatic carbocycles. The quantitative estimate of drug-likeness (QED) is 0.427. The van der Waals surface area contributed by atoms with Gasteiger partial charge >= 0.3 is 0 Å². The molecule has 2 nitrogen and oxygen atoms in total. The number of rotatable bonds is 12. The Morgan fingerprint density at radius 2 is 1.52 bits per heavy atom. The monoisotopic (exact) mass is 292 g/mol. The Kier molecular flexibility index (Phi) is 9.45. The Balaban J connectivity index is 2.48. The summed E-state index contributed by atoms with van der Waals surface area (Å²) in [6.45, 7) is 6.99. The summed E-state index contributed by atoms with van der Waals surface area (Å²) in [4.78, 5) is 0. The summed E-state index contributed by atoms with van der Waals surface area (Å²) in [5, 5.41) is 4.36. The number of hydrogen-bond acceptors (Lipinski definition) is 1.